The second-order valence-electron chi connectivity index (χ2n) is 4.95. The zero-order valence-electron chi connectivity index (χ0n) is 11.7. The number of ether oxygens (including phenoxy) is 1. The van der Waals surface area contributed by atoms with Crippen molar-refractivity contribution in [3.05, 3.63) is 34.6 Å². The molecule has 0 aromatic heterocycles. The van der Waals surface area contributed by atoms with Crippen LogP contribution in [0.15, 0.2) is 18.2 Å². The number of aliphatic hydroxyl groups excluding tert-OH is 1. The van der Waals surface area contributed by atoms with Gasteiger partial charge in [0.2, 0.25) is 0 Å². The van der Waals surface area contributed by atoms with Gasteiger partial charge >= 0.3 is 6.03 Å². The Kier molecular flexibility index (Phi) is 5.39. The van der Waals surface area contributed by atoms with Gasteiger partial charge in [0, 0.05) is 20.2 Å². The number of nitrogens with zero attached hydrogens (tertiary/aromatic N) is 1. The summed E-state index contributed by atoms with van der Waals surface area (Å²) in [7, 11) is 1.60. The van der Waals surface area contributed by atoms with Gasteiger partial charge in [0.25, 0.3) is 0 Å². The summed E-state index contributed by atoms with van der Waals surface area (Å²) in [6.45, 7) is 0.639. The Balaban J connectivity index is 2.06. The van der Waals surface area contributed by atoms with Crippen LogP contribution in [0.2, 0.25) is 5.02 Å². The standard InChI is InChI=1S/C14H18ClFN2O3/c1-18(5-6-19)14(20)17-12-4-7-21-13(12)9-2-3-10(15)11(16)8-9/h2-3,8,12-13,19H,4-7H2,1H3,(H,17,20). The van der Waals surface area contributed by atoms with Gasteiger partial charge in [-0.3, -0.25) is 0 Å². The molecule has 0 bridgehead atoms. The quantitative estimate of drug-likeness (QED) is 0.892. The highest BCUT2D eigenvalue weighted by Crippen LogP contribution is 2.31. The molecule has 5 nitrogen and oxygen atoms in total. The monoisotopic (exact) mass is 316 g/mol. The molecule has 2 N–H and O–H groups in total. The first-order valence-corrected chi connectivity index (χ1v) is 7.09. The van der Waals surface area contributed by atoms with E-state index in [1.165, 1.54) is 17.0 Å². The number of likely N-dealkylation sites (N-methyl/N-ethyl adjacent to an activating group) is 1. The molecular formula is C14H18ClFN2O3. The maximum atomic E-state index is 13.5. The average Bonchev–Trinajstić information content (AvgIpc) is 2.90. The minimum atomic E-state index is -0.507. The third-order valence-corrected chi connectivity index (χ3v) is 3.76. The Morgan fingerprint density at radius 3 is 3.05 bits per heavy atom. The number of halogens is 2. The summed E-state index contributed by atoms with van der Waals surface area (Å²) in [6.07, 6.45) is 0.247. The van der Waals surface area contributed by atoms with Crippen LogP contribution >= 0.6 is 11.6 Å². The Bertz CT molecular complexity index is 515. The molecule has 1 aliphatic heterocycles. The van der Waals surface area contributed by atoms with E-state index in [1.807, 2.05) is 0 Å². The number of amides is 2. The maximum Gasteiger partial charge on any atom is 0.317 e. The van der Waals surface area contributed by atoms with Gasteiger partial charge in [0.05, 0.1) is 17.7 Å². The maximum absolute atomic E-state index is 13.5. The number of hydrogen-bond donors (Lipinski definition) is 2. The van der Waals surface area contributed by atoms with E-state index in [4.69, 9.17) is 21.4 Å². The Labute approximate surface area is 127 Å². The number of rotatable bonds is 4. The van der Waals surface area contributed by atoms with Crippen molar-refractivity contribution in [2.75, 3.05) is 26.8 Å². The summed E-state index contributed by atoms with van der Waals surface area (Å²) in [5.41, 5.74) is 0.643. The average molecular weight is 317 g/mol. The topological polar surface area (TPSA) is 61.8 Å². The minimum absolute atomic E-state index is 0.0556. The molecule has 1 fully saturated rings. The SMILES string of the molecule is CN(CCO)C(=O)NC1CCOC1c1ccc(Cl)c(F)c1. The van der Waals surface area contributed by atoms with Crippen LogP contribution in [-0.2, 0) is 4.74 Å². The number of nitrogens with one attached hydrogen (secondary N) is 1. The second-order valence-corrected chi connectivity index (χ2v) is 5.36. The molecule has 0 saturated carbocycles. The minimum Gasteiger partial charge on any atom is -0.395 e. The second kappa shape index (κ2) is 7.06. The molecule has 0 aliphatic carbocycles. The summed E-state index contributed by atoms with van der Waals surface area (Å²) in [6, 6.07) is 3.97. The summed E-state index contributed by atoms with van der Waals surface area (Å²) in [4.78, 5) is 13.3. The highest BCUT2D eigenvalue weighted by atomic mass is 35.5. The van der Waals surface area contributed by atoms with Crippen LogP contribution in [0.3, 0.4) is 0 Å². The fraction of sp³-hybridized carbons (Fsp3) is 0.500. The van der Waals surface area contributed by atoms with Crippen molar-refractivity contribution >= 4 is 17.6 Å². The fourth-order valence-corrected chi connectivity index (χ4v) is 2.39. The smallest absolute Gasteiger partial charge is 0.317 e. The fourth-order valence-electron chi connectivity index (χ4n) is 2.28. The predicted molar refractivity (Wildman–Crippen MR) is 76.8 cm³/mol. The molecule has 2 atom stereocenters. The van der Waals surface area contributed by atoms with E-state index in [-0.39, 0.29) is 30.2 Å². The Hall–Kier alpha value is -1.37. The van der Waals surface area contributed by atoms with Crippen LogP contribution in [0.25, 0.3) is 0 Å². The Morgan fingerprint density at radius 1 is 1.62 bits per heavy atom. The van der Waals surface area contributed by atoms with Crippen LogP contribution in [-0.4, -0.2) is 48.9 Å². The van der Waals surface area contributed by atoms with E-state index in [2.05, 4.69) is 5.32 Å². The van der Waals surface area contributed by atoms with E-state index in [0.717, 1.165) is 0 Å². The van der Waals surface area contributed by atoms with Gasteiger partial charge in [-0.05, 0) is 24.1 Å². The van der Waals surface area contributed by atoms with Crippen molar-refractivity contribution in [2.45, 2.75) is 18.6 Å². The van der Waals surface area contributed by atoms with Crippen LogP contribution in [0.1, 0.15) is 18.1 Å². The lowest BCUT2D eigenvalue weighted by atomic mass is 10.0. The van der Waals surface area contributed by atoms with Crippen LogP contribution in [0, 0.1) is 5.82 Å². The summed E-state index contributed by atoms with van der Waals surface area (Å²) in [5.74, 6) is -0.507. The van der Waals surface area contributed by atoms with Crippen molar-refractivity contribution in [1.29, 1.82) is 0 Å². The van der Waals surface area contributed by atoms with Crippen molar-refractivity contribution < 1.29 is 19.0 Å². The largest absolute Gasteiger partial charge is 0.395 e. The van der Waals surface area contributed by atoms with Gasteiger partial charge in [0.1, 0.15) is 11.9 Å². The number of benzene rings is 1. The van der Waals surface area contributed by atoms with Crippen LogP contribution < -0.4 is 5.32 Å². The molecule has 0 radical (unpaired) electrons. The first-order chi connectivity index (χ1) is 10.0. The van der Waals surface area contributed by atoms with E-state index >= 15 is 0 Å². The number of aliphatic hydroxyl groups is 1. The molecule has 1 aromatic rings. The number of carbonyl (C=O) groups excluding carboxylic acids is 1. The van der Waals surface area contributed by atoms with Gasteiger partial charge in [-0.1, -0.05) is 17.7 Å². The van der Waals surface area contributed by atoms with Gasteiger partial charge in [0.15, 0.2) is 0 Å². The predicted octanol–water partition coefficient (Wildman–Crippen LogP) is 1.94. The number of carbonyl (C=O) groups is 1. The summed E-state index contributed by atoms with van der Waals surface area (Å²) < 4.78 is 19.1. The molecule has 1 aromatic carbocycles. The third-order valence-electron chi connectivity index (χ3n) is 3.45. The zero-order chi connectivity index (χ0) is 15.4. The van der Waals surface area contributed by atoms with Crippen molar-refractivity contribution in [3.8, 4) is 0 Å². The van der Waals surface area contributed by atoms with Crippen molar-refractivity contribution in [2.24, 2.45) is 0 Å². The lowest BCUT2D eigenvalue weighted by Crippen LogP contribution is -2.45. The van der Waals surface area contributed by atoms with Gasteiger partial charge in [-0.25, -0.2) is 9.18 Å². The van der Waals surface area contributed by atoms with Gasteiger partial charge in [-0.15, -0.1) is 0 Å². The summed E-state index contributed by atoms with van der Waals surface area (Å²) >= 11 is 5.67. The highest BCUT2D eigenvalue weighted by Gasteiger charge is 2.32. The van der Waals surface area contributed by atoms with E-state index in [1.54, 1.807) is 13.1 Å². The van der Waals surface area contributed by atoms with Gasteiger partial charge in [-0.2, -0.15) is 0 Å². The molecule has 21 heavy (non-hydrogen) atoms. The first kappa shape index (κ1) is 16.0. The third kappa shape index (κ3) is 3.84. The summed E-state index contributed by atoms with van der Waals surface area (Å²) in [5, 5.41) is 11.7. The molecule has 1 aliphatic rings. The molecule has 2 amide bonds. The lowest BCUT2D eigenvalue weighted by molar-refractivity contribution is 0.0979. The molecule has 7 heteroatoms. The highest BCUT2D eigenvalue weighted by molar-refractivity contribution is 6.30. The first-order valence-electron chi connectivity index (χ1n) is 6.72. The molecule has 2 rings (SSSR count). The van der Waals surface area contributed by atoms with E-state index in [9.17, 15) is 9.18 Å². The zero-order valence-corrected chi connectivity index (χ0v) is 12.4. The normalized spacial score (nSPS) is 21.3. The molecule has 2 unspecified atom stereocenters. The number of urea groups is 1. The van der Waals surface area contributed by atoms with Crippen molar-refractivity contribution in [3.63, 3.8) is 0 Å². The van der Waals surface area contributed by atoms with Gasteiger partial charge < -0.3 is 20.1 Å². The van der Waals surface area contributed by atoms with E-state index < -0.39 is 11.9 Å². The number of hydrogen-bond acceptors (Lipinski definition) is 3. The van der Waals surface area contributed by atoms with Crippen LogP contribution in [0.5, 0.6) is 0 Å². The molecular weight excluding hydrogens is 299 g/mol. The van der Waals surface area contributed by atoms with Crippen molar-refractivity contribution in [1.82, 2.24) is 10.2 Å². The molecule has 0 spiro atoms. The van der Waals surface area contributed by atoms with E-state index in [0.29, 0.717) is 18.6 Å². The lowest BCUT2D eigenvalue weighted by Gasteiger charge is -2.24. The molecule has 116 valence electrons. The molecule has 1 heterocycles. The van der Waals surface area contributed by atoms with Crippen LogP contribution in [0.4, 0.5) is 9.18 Å². The molecule has 1 saturated heterocycles. The Morgan fingerprint density at radius 2 is 2.38 bits per heavy atom.